The first-order chi connectivity index (χ1) is 8.83. The molecule has 0 aliphatic heterocycles. The Bertz CT molecular complexity index is 434. The summed E-state index contributed by atoms with van der Waals surface area (Å²) in [5.41, 5.74) is 0.0287. The molecule has 0 saturated carbocycles. The number of rotatable bonds is 6. The van der Waals surface area contributed by atoms with Crippen LogP contribution in [0.5, 0.6) is 5.75 Å². The van der Waals surface area contributed by atoms with Gasteiger partial charge in [0.15, 0.2) is 0 Å². The first-order valence-electron chi connectivity index (χ1n) is 5.48. The summed E-state index contributed by atoms with van der Waals surface area (Å²) in [5.74, 6) is 0.202. The number of carbonyl (C=O) groups is 1. The van der Waals surface area contributed by atoms with Crippen LogP contribution in [0.3, 0.4) is 0 Å². The smallest absolute Gasteiger partial charge is 0.489 e. The molecular formula is C11H12BF3O4. The van der Waals surface area contributed by atoms with Gasteiger partial charge in [-0.3, -0.25) is 4.79 Å². The van der Waals surface area contributed by atoms with E-state index in [-0.39, 0.29) is 29.8 Å². The Hall–Kier alpha value is -1.54. The average Bonchev–Trinajstić information content (AvgIpc) is 2.33. The van der Waals surface area contributed by atoms with E-state index in [1.165, 1.54) is 18.2 Å². The Labute approximate surface area is 108 Å². The van der Waals surface area contributed by atoms with Crippen LogP contribution in [-0.2, 0) is 0 Å². The topological polar surface area (TPSA) is 66.8 Å². The highest BCUT2D eigenvalue weighted by molar-refractivity contribution is 6.60. The minimum Gasteiger partial charge on any atom is -0.494 e. The Kier molecular flexibility index (Phi) is 5.37. The Morgan fingerprint density at radius 1 is 1.32 bits per heavy atom. The quantitative estimate of drug-likeness (QED) is 0.460. The lowest BCUT2D eigenvalue weighted by Crippen LogP contribution is -2.32. The predicted octanol–water partition coefficient (Wildman–Crippen LogP) is 0.900. The van der Waals surface area contributed by atoms with E-state index < -0.39 is 19.7 Å². The summed E-state index contributed by atoms with van der Waals surface area (Å²) in [6, 6.07) is 3.87. The van der Waals surface area contributed by atoms with Crippen LogP contribution in [0.25, 0.3) is 0 Å². The number of carbonyl (C=O) groups excluding carboxylic acids is 1. The molecule has 0 fully saturated rings. The van der Waals surface area contributed by atoms with Crippen LogP contribution in [-0.4, -0.2) is 36.2 Å². The molecule has 2 N–H and O–H groups in total. The maximum Gasteiger partial charge on any atom is 0.489 e. The van der Waals surface area contributed by atoms with E-state index in [9.17, 15) is 18.0 Å². The van der Waals surface area contributed by atoms with Crippen molar-refractivity contribution in [3.63, 3.8) is 0 Å². The molecule has 4 nitrogen and oxygen atoms in total. The fourth-order valence-corrected chi connectivity index (χ4v) is 1.44. The molecule has 0 heterocycles. The van der Waals surface area contributed by atoms with Gasteiger partial charge in [-0.1, -0.05) is 6.07 Å². The first kappa shape index (κ1) is 15.5. The molecule has 1 aromatic rings. The van der Waals surface area contributed by atoms with Crippen LogP contribution in [0.4, 0.5) is 13.2 Å². The highest BCUT2D eigenvalue weighted by atomic mass is 19.4. The van der Waals surface area contributed by atoms with Gasteiger partial charge in [0.25, 0.3) is 0 Å². The van der Waals surface area contributed by atoms with Gasteiger partial charge in [-0.15, -0.1) is 0 Å². The second-order valence-corrected chi connectivity index (χ2v) is 3.85. The van der Waals surface area contributed by atoms with Gasteiger partial charge in [0.2, 0.25) is 0 Å². The van der Waals surface area contributed by atoms with Gasteiger partial charge < -0.3 is 14.8 Å². The van der Waals surface area contributed by atoms with E-state index >= 15 is 0 Å². The molecule has 0 radical (unpaired) electrons. The average molecular weight is 276 g/mol. The third-order valence-corrected chi connectivity index (χ3v) is 2.34. The van der Waals surface area contributed by atoms with E-state index in [0.717, 1.165) is 0 Å². The molecule has 0 spiro atoms. The van der Waals surface area contributed by atoms with Gasteiger partial charge in [-0.05, 0) is 24.0 Å². The Morgan fingerprint density at radius 2 is 2.00 bits per heavy atom. The van der Waals surface area contributed by atoms with E-state index in [4.69, 9.17) is 14.8 Å². The summed E-state index contributed by atoms with van der Waals surface area (Å²) in [6.07, 6.45) is -4.94. The third kappa shape index (κ3) is 5.31. The molecule has 1 rings (SSSR count). The molecule has 0 unspecified atom stereocenters. The maximum atomic E-state index is 11.9. The standard InChI is InChI=1S/C11H12BF3O4/c13-11(14,15)4-1-5-19-9-2-3-10(12(17)18)8(6-9)7-16/h2-3,6-7,17-18H,1,4-5H2. The van der Waals surface area contributed by atoms with Crippen LogP contribution in [0.2, 0.25) is 0 Å². The lowest BCUT2D eigenvalue weighted by atomic mass is 9.77. The molecule has 8 heteroatoms. The number of hydrogen-bond acceptors (Lipinski definition) is 4. The number of ether oxygens (including phenoxy) is 1. The Balaban J connectivity index is 2.58. The molecule has 0 atom stereocenters. The second kappa shape index (κ2) is 6.58. The number of halogens is 3. The Morgan fingerprint density at radius 3 is 2.53 bits per heavy atom. The summed E-state index contributed by atoms with van der Waals surface area (Å²) < 4.78 is 40.7. The van der Waals surface area contributed by atoms with Crippen molar-refractivity contribution in [3.8, 4) is 5.75 Å². The second-order valence-electron chi connectivity index (χ2n) is 3.85. The van der Waals surface area contributed by atoms with Gasteiger partial charge in [0.1, 0.15) is 12.0 Å². The van der Waals surface area contributed by atoms with Crippen molar-refractivity contribution >= 4 is 18.9 Å². The summed E-state index contributed by atoms with van der Waals surface area (Å²) >= 11 is 0. The molecule has 0 aliphatic rings. The van der Waals surface area contributed by atoms with Crippen LogP contribution in [0, 0.1) is 0 Å². The van der Waals surface area contributed by atoms with Crippen LogP contribution >= 0.6 is 0 Å². The zero-order valence-corrected chi connectivity index (χ0v) is 9.85. The maximum absolute atomic E-state index is 11.9. The van der Waals surface area contributed by atoms with E-state index in [2.05, 4.69) is 0 Å². The molecule has 0 aromatic heterocycles. The highest BCUT2D eigenvalue weighted by Crippen LogP contribution is 2.21. The SMILES string of the molecule is O=Cc1cc(OCCCC(F)(F)F)ccc1B(O)O. The van der Waals surface area contributed by atoms with Gasteiger partial charge in [-0.25, -0.2) is 0 Å². The summed E-state index contributed by atoms with van der Waals surface area (Å²) in [6.45, 7) is -0.140. The lowest BCUT2D eigenvalue weighted by molar-refractivity contribution is -0.136. The number of hydrogen-bond donors (Lipinski definition) is 2. The highest BCUT2D eigenvalue weighted by Gasteiger charge is 2.26. The van der Waals surface area contributed by atoms with Crippen molar-refractivity contribution in [2.45, 2.75) is 19.0 Å². The molecule has 104 valence electrons. The largest absolute Gasteiger partial charge is 0.494 e. The van der Waals surface area contributed by atoms with Gasteiger partial charge in [0.05, 0.1) is 6.61 Å². The summed E-state index contributed by atoms with van der Waals surface area (Å²) in [4.78, 5) is 10.7. The fraction of sp³-hybridized carbons (Fsp3) is 0.364. The minimum atomic E-state index is -4.22. The molecule has 0 saturated heterocycles. The van der Waals surface area contributed by atoms with Crippen molar-refractivity contribution in [2.75, 3.05) is 6.61 Å². The van der Waals surface area contributed by atoms with Gasteiger partial charge >= 0.3 is 13.3 Å². The molecular weight excluding hydrogens is 264 g/mol. The lowest BCUT2D eigenvalue weighted by Gasteiger charge is -2.10. The van der Waals surface area contributed by atoms with Crippen molar-refractivity contribution < 1.29 is 32.8 Å². The van der Waals surface area contributed by atoms with Crippen molar-refractivity contribution in [1.82, 2.24) is 0 Å². The van der Waals surface area contributed by atoms with E-state index in [0.29, 0.717) is 6.29 Å². The molecule has 0 aliphatic carbocycles. The monoisotopic (exact) mass is 276 g/mol. The molecule has 0 amide bonds. The van der Waals surface area contributed by atoms with Crippen molar-refractivity contribution in [1.29, 1.82) is 0 Å². The summed E-state index contributed by atoms with van der Waals surface area (Å²) in [5, 5.41) is 17.9. The van der Waals surface area contributed by atoms with Crippen LogP contribution < -0.4 is 10.2 Å². The first-order valence-corrected chi connectivity index (χ1v) is 5.48. The third-order valence-electron chi connectivity index (χ3n) is 2.34. The van der Waals surface area contributed by atoms with E-state index in [1.54, 1.807) is 0 Å². The molecule has 1 aromatic carbocycles. The minimum absolute atomic E-state index is 0.0117. The van der Waals surface area contributed by atoms with Crippen molar-refractivity contribution in [2.24, 2.45) is 0 Å². The normalized spacial score (nSPS) is 11.2. The zero-order valence-electron chi connectivity index (χ0n) is 9.85. The number of benzene rings is 1. The fourth-order valence-electron chi connectivity index (χ4n) is 1.44. The predicted molar refractivity (Wildman–Crippen MR) is 62.4 cm³/mol. The number of aldehydes is 1. The van der Waals surface area contributed by atoms with Crippen LogP contribution in [0.1, 0.15) is 23.2 Å². The van der Waals surface area contributed by atoms with Crippen molar-refractivity contribution in [3.05, 3.63) is 23.8 Å². The number of alkyl halides is 3. The van der Waals surface area contributed by atoms with Gasteiger partial charge in [-0.2, -0.15) is 13.2 Å². The van der Waals surface area contributed by atoms with E-state index in [1.807, 2.05) is 0 Å². The van der Waals surface area contributed by atoms with Gasteiger partial charge in [0, 0.05) is 12.0 Å². The molecule has 0 bridgehead atoms. The molecule has 19 heavy (non-hydrogen) atoms. The zero-order chi connectivity index (χ0) is 14.5. The van der Waals surface area contributed by atoms with Crippen LogP contribution in [0.15, 0.2) is 18.2 Å². The summed E-state index contributed by atoms with van der Waals surface area (Å²) in [7, 11) is -1.79.